The van der Waals surface area contributed by atoms with Gasteiger partial charge in [-0.1, -0.05) is 6.07 Å². The number of anilines is 1. The Morgan fingerprint density at radius 1 is 1.19 bits per heavy atom. The first kappa shape index (κ1) is 17.4. The maximum Gasteiger partial charge on any atom is 0.272 e. The van der Waals surface area contributed by atoms with Crippen molar-refractivity contribution in [1.82, 2.24) is 19.9 Å². The number of aryl methyl sites for hydroxylation is 2. The van der Waals surface area contributed by atoms with Crippen LogP contribution < -0.4 is 4.90 Å². The van der Waals surface area contributed by atoms with E-state index in [9.17, 15) is 10.1 Å². The largest absolute Gasteiger partial charge is 0.350 e. The number of fused-ring (bicyclic) bond motifs is 1. The zero-order chi connectivity index (χ0) is 18.8. The molecule has 1 aliphatic heterocycles. The molecule has 27 heavy (non-hydrogen) atoms. The summed E-state index contributed by atoms with van der Waals surface area (Å²) in [6.07, 6.45) is 7.48. The minimum Gasteiger partial charge on any atom is -0.350 e. The third-order valence-electron chi connectivity index (χ3n) is 5.37. The number of rotatable bonds is 2. The second-order valence-electron chi connectivity index (χ2n) is 7.14. The molecule has 0 saturated carbocycles. The van der Waals surface area contributed by atoms with Crippen molar-refractivity contribution in [2.24, 2.45) is 0 Å². The van der Waals surface area contributed by atoms with E-state index in [1.807, 2.05) is 22.8 Å². The highest BCUT2D eigenvalue weighted by Gasteiger charge is 2.30. The summed E-state index contributed by atoms with van der Waals surface area (Å²) in [4.78, 5) is 30.0. The first-order valence-electron chi connectivity index (χ1n) is 9.43. The van der Waals surface area contributed by atoms with E-state index in [-0.39, 0.29) is 11.9 Å². The fourth-order valence-corrected chi connectivity index (χ4v) is 3.94. The highest BCUT2D eigenvalue weighted by molar-refractivity contribution is 5.92. The predicted octanol–water partition coefficient (Wildman–Crippen LogP) is 1.97. The fourth-order valence-electron chi connectivity index (χ4n) is 3.94. The van der Waals surface area contributed by atoms with Crippen LogP contribution in [0.1, 0.15) is 47.2 Å². The zero-order valence-electron chi connectivity index (χ0n) is 15.4. The third kappa shape index (κ3) is 3.35. The number of pyridine rings is 1. The summed E-state index contributed by atoms with van der Waals surface area (Å²) in [5, 5.41) is 9.25. The number of piperazine rings is 1. The van der Waals surface area contributed by atoms with Crippen molar-refractivity contribution in [2.75, 3.05) is 24.5 Å². The van der Waals surface area contributed by atoms with Crippen molar-refractivity contribution in [2.45, 2.75) is 38.6 Å². The number of carbonyl (C=O) groups excluding carboxylic acids is 1. The van der Waals surface area contributed by atoms with Gasteiger partial charge in [-0.3, -0.25) is 4.79 Å². The topological polar surface area (TPSA) is 86.0 Å². The average molecular weight is 362 g/mol. The Labute approximate surface area is 158 Å². The first-order valence-corrected chi connectivity index (χ1v) is 9.43. The van der Waals surface area contributed by atoms with Crippen LogP contribution in [0, 0.1) is 11.3 Å². The third-order valence-corrected chi connectivity index (χ3v) is 5.37. The minimum absolute atomic E-state index is 0.00219. The number of nitriles is 1. The summed E-state index contributed by atoms with van der Waals surface area (Å²) in [6, 6.07) is 6.02. The Morgan fingerprint density at radius 3 is 2.81 bits per heavy atom. The summed E-state index contributed by atoms with van der Waals surface area (Å²) < 4.78 is 0. The van der Waals surface area contributed by atoms with Crippen LogP contribution in [-0.4, -0.2) is 51.4 Å². The second-order valence-corrected chi connectivity index (χ2v) is 7.14. The van der Waals surface area contributed by atoms with E-state index in [1.54, 1.807) is 6.20 Å². The molecule has 3 heterocycles. The SMILES string of the molecule is C[C@H]1CN(c2nccnc2C#N)CCN1C(=O)c1ccc2c(n1)CCCC2. The standard InChI is InChI=1S/C20H22N6O/c1-14-13-25(19-18(12-21)22-8-9-23-19)10-11-26(14)20(27)17-7-6-15-4-2-3-5-16(15)24-17/h6-9,14H,2-5,10-11,13H2,1H3/t14-/m0/s1. The maximum atomic E-state index is 13.0. The first-order chi connectivity index (χ1) is 13.2. The Morgan fingerprint density at radius 2 is 2.00 bits per heavy atom. The van der Waals surface area contributed by atoms with Crippen molar-refractivity contribution in [3.05, 3.63) is 47.2 Å². The van der Waals surface area contributed by atoms with Gasteiger partial charge in [0, 0.05) is 43.8 Å². The van der Waals surface area contributed by atoms with Crippen molar-refractivity contribution >= 4 is 11.7 Å². The molecule has 4 rings (SSSR count). The molecule has 0 bridgehead atoms. The number of hydrogen-bond acceptors (Lipinski definition) is 6. The van der Waals surface area contributed by atoms with E-state index in [1.165, 1.54) is 18.2 Å². The van der Waals surface area contributed by atoms with E-state index in [0.717, 1.165) is 25.0 Å². The van der Waals surface area contributed by atoms with Gasteiger partial charge >= 0.3 is 0 Å². The van der Waals surface area contributed by atoms with Crippen LogP contribution in [0.5, 0.6) is 0 Å². The molecule has 0 N–H and O–H groups in total. The molecule has 1 saturated heterocycles. The lowest BCUT2D eigenvalue weighted by molar-refractivity contribution is 0.0667. The molecule has 0 radical (unpaired) electrons. The lowest BCUT2D eigenvalue weighted by Gasteiger charge is -2.40. The molecule has 7 heteroatoms. The Bertz CT molecular complexity index is 906. The molecule has 0 spiro atoms. The molecule has 2 aliphatic rings. The minimum atomic E-state index is -0.0184. The molecule has 0 aromatic carbocycles. The van der Waals surface area contributed by atoms with Gasteiger partial charge in [-0.2, -0.15) is 5.26 Å². The van der Waals surface area contributed by atoms with Crippen LogP contribution in [0.3, 0.4) is 0 Å². The zero-order valence-corrected chi connectivity index (χ0v) is 15.4. The van der Waals surface area contributed by atoms with Crippen molar-refractivity contribution < 1.29 is 4.79 Å². The molecule has 0 unspecified atom stereocenters. The van der Waals surface area contributed by atoms with Gasteiger partial charge in [-0.05, 0) is 44.2 Å². The number of nitrogens with zero attached hydrogens (tertiary/aromatic N) is 6. The highest BCUT2D eigenvalue weighted by atomic mass is 16.2. The number of aromatic nitrogens is 3. The van der Waals surface area contributed by atoms with Crippen LogP contribution in [0.2, 0.25) is 0 Å². The van der Waals surface area contributed by atoms with Gasteiger partial charge in [0.2, 0.25) is 0 Å². The van der Waals surface area contributed by atoms with Crippen LogP contribution in [0.15, 0.2) is 24.5 Å². The van der Waals surface area contributed by atoms with Gasteiger partial charge in [0.15, 0.2) is 11.5 Å². The van der Waals surface area contributed by atoms with Crippen LogP contribution in [0.25, 0.3) is 0 Å². The van der Waals surface area contributed by atoms with Crippen molar-refractivity contribution in [3.8, 4) is 6.07 Å². The molecule has 7 nitrogen and oxygen atoms in total. The monoisotopic (exact) mass is 362 g/mol. The van der Waals surface area contributed by atoms with Crippen LogP contribution in [-0.2, 0) is 12.8 Å². The average Bonchev–Trinajstić information content (AvgIpc) is 2.72. The molecule has 2 aromatic rings. The van der Waals surface area contributed by atoms with Crippen LogP contribution in [0.4, 0.5) is 5.82 Å². The molecule has 1 aliphatic carbocycles. The van der Waals surface area contributed by atoms with E-state index in [0.29, 0.717) is 36.8 Å². The van der Waals surface area contributed by atoms with Gasteiger partial charge < -0.3 is 9.80 Å². The van der Waals surface area contributed by atoms with Gasteiger partial charge in [0.1, 0.15) is 11.8 Å². The normalized spacial score (nSPS) is 19.3. The van der Waals surface area contributed by atoms with Crippen molar-refractivity contribution in [1.29, 1.82) is 5.26 Å². The van der Waals surface area contributed by atoms with Crippen molar-refractivity contribution in [3.63, 3.8) is 0 Å². The molecular weight excluding hydrogens is 340 g/mol. The summed E-state index contributed by atoms with van der Waals surface area (Å²) >= 11 is 0. The maximum absolute atomic E-state index is 13.0. The fraction of sp³-hybridized carbons (Fsp3) is 0.450. The predicted molar refractivity (Wildman–Crippen MR) is 100 cm³/mol. The lowest BCUT2D eigenvalue weighted by atomic mass is 9.96. The summed E-state index contributed by atoms with van der Waals surface area (Å²) in [5.74, 6) is 0.570. The summed E-state index contributed by atoms with van der Waals surface area (Å²) in [5.41, 5.74) is 3.22. The lowest BCUT2D eigenvalue weighted by Crippen LogP contribution is -2.54. The molecule has 138 valence electrons. The van der Waals surface area contributed by atoms with E-state index in [4.69, 9.17) is 0 Å². The number of amides is 1. The highest BCUT2D eigenvalue weighted by Crippen LogP contribution is 2.23. The molecule has 2 aromatic heterocycles. The van der Waals surface area contributed by atoms with Gasteiger partial charge in [-0.15, -0.1) is 0 Å². The van der Waals surface area contributed by atoms with Gasteiger partial charge in [-0.25, -0.2) is 15.0 Å². The second kappa shape index (κ2) is 7.31. The van der Waals surface area contributed by atoms with Gasteiger partial charge in [0.25, 0.3) is 5.91 Å². The smallest absolute Gasteiger partial charge is 0.272 e. The summed E-state index contributed by atoms with van der Waals surface area (Å²) in [7, 11) is 0. The quantitative estimate of drug-likeness (QED) is 0.812. The van der Waals surface area contributed by atoms with E-state index < -0.39 is 0 Å². The molecule has 1 atom stereocenters. The summed E-state index contributed by atoms with van der Waals surface area (Å²) in [6.45, 7) is 3.82. The van der Waals surface area contributed by atoms with Gasteiger partial charge in [0.05, 0.1) is 0 Å². The molecule has 1 amide bonds. The van der Waals surface area contributed by atoms with Crippen LogP contribution >= 0.6 is 0 Å². The molecule has 1 fully saturated rings. The Hall–Kier alpha value is -3.01. The van der Waals surface area contributed by atoms with E-state index >= 15 is 0 Å². The Balaban J connectivity index is 1.50. The number of hydrogen-bond donors (Lipinski definition) is 0. The van der Waals surface area contributed by atoms with E-state index in [2.05, 4.69) is 27.1 Å². The molecular formula is C20H22N6O. The number of carbonyl (C=O) groups is 1. The Kier molecular flexibility index (Phi) is 4.71.